The van der Waals surface area contributed by atoms with Gasteiger partial charge in [0.1, 0.15) is 11.6 Å². The molecule has 1 aromatic heterocycles. The molecular weight excluding hydrogens is 405 g/mol. The number of methoxy groups -OCH3 is 1. The molecule has 1 aliphatic heterocycles. The first-order chi connectivity index (χ1) is 15.6. The van der Waals surface area contributed by atoms with Crippen molar-refractivity contribution in [3.8, 4) is 5.75 Å². The van der Waals surface area contributed by atoms with E-state index in [-0.39, 0.29) is 17.6 Å². The number of halogens is 1. The molecule has 170 valence electrons. The Morgan fingerprint density at radius 1 is 1.22 bits per heavy atom. The first-order valence-electron chi connectivity index (χ1n) is 11.5. The molecule has 0 saturated carbocycles. The van der Waals surface area contributed by atoms with E-state index in [1.54, 1.807) is 13.2 Å². The minimum atomic E-state index is -0.185. The van der Waals surface area contributed by atoms with E-state index in [1.165, 1.54) is 6.07 Å². The van der Waals surface area contributed by atoms with E-state index in [4.69, 9.17) is 10.5 Å². The molecule has 3 aromatic rings. The predicted molar refractivity (Wildman–Crippen MR) is 126 cm³/mol. The fraction of sp³-hybridized carbons (Fsp3) is 0.423. The van der Waals surface area contributed by atoms with E-state index in [1.807, 2.05) is 35.4 Å². The van der Waals surface area contributed by atoms with Crippen molar-refractivity contribution in [1.29, 1.82) is 0 Å². The summed E-state index contributed by atoms with van der Waals surface area (Å²) in [5.41, 5.74) is 9.10. The number of unbranched alkanes of at least 4 members (excludes halogenated alkanes) is 1. The maximum atomic E-state index is 14.4. The molecule has 2 N–H and O–H groups in total. The van der Waals surface area contributed by atoms with E-state index in [2.05, 4.69) is 11.5 Å². The predicted octanol–water partition coefficient (Wildman–Crippen LogP) is 5.07. The van der Waals surface area contributed by atoms with Crippen LogP contribution in [0.2, 0.25) is 0 Å². The van der Waals surface area contributed by atoms with Crippen molar-refractivity contribution in [1.82, 2.24) is 9.47 Å². The number of hydrogen-bond donors (Lipinski definition) is 1. The summed E-state index contributed by atoms with van der Waals surface area (Å²) in [4.78, 5) is 15.4. The number of likely N-dealkylation sites (tertiary alicyclic amines) is 1. The van der Waals surface area contributed by atoms with Crippen molar-refractivity contribution in [2.45, 2.75) is 51.6 Å². The number of piperidine rings is 1. The van der Waals surface area contributed by atoms with Crippen LogP contribution in [-0.4, -0.2) is 35.6 Å². The van der Waals surface area contributed by atoms with Gasteiger partial charge in [-0.05, 0) is 54.5 Å². The van der Waals surface area contributed by atoms with Gasteiger partial charge in [-0.3, -0.25) is 4.79 Å². The molecule has 6 heteroatoms. The number of rotatable bonds is 7. The van der Waals surface area contributed by atoms with Gasteiger partial charge in [0.05, 0.1) is 23.6 Å². The summed E-state index contributed by atoms with van der Waals surface area (Å²) in [5.74, 6) is 0.655. The summed E-state index contributed by atoms with van der Waals surface area (Å²) in [6, 6.07) is 11.0. The molecule has 2 heterocycles. The maximum absolute atomic E-state index is 14.4. The third-order valence-corrected chi connectivity index (χ3v) is 6.59. The van der Waals surface area contributed by atoms with Gasteiger partial charge in [-0.2, -0.15) is 0 Å². The van der Waals surface area contributed by atoms with E-state index in [0.717, 1.165) is 60.0 Å². The minimum Gasteiger partial charge on any atom is -0.496 e. The molecule has 4 rings (SSSR count). The SMILES string of the molecule is CCCCn1cc(C(=O)N2CCC(c3cc(CN)ccc3F)CC2)c2c(OC)cccc21. The zero-order valence-electron chi connectivity index (χ0n) is 18.9. The van der Waals surface area contributed by atoms with Crippen LogP contribution in [-0.2, 0) is 13.1 Å². The second-order valence-electron chi connectivity index (χ2n) is 8.57. The molecule has 1 aliphatic rings. The topological polar surface area (TPSA) is 60.5 Å². The van der Waals surface area contributed by atoms with Crippen LogP contribution in [0.4, 0.5) is 4.39 Å². The molecule has 1 fully saturated rings. The number of aromatic nitrogens is 1. The number of nitrogens with two attached hydrogens (primary N) is 1. The lowest BCUT2D eigenvalue weighted by Gasteiger charge is -2.32. The first kappa shape index (κ1) is 22.3. The fourth-order valence-electron chi connectivity index (χ4n) is 4.76. The van der Waals surface area contributed by atoms with E-state index in [0.29, 0.717) is 25.2 Å². The molecule has 0 aliphatic carbocycles. The lowest BCUT2D eigenvalue weighted by molar-refractivity contribution is 0.0714. The average molecular weight is 438 g/mol. The van der Waals surface area contributed by atoms with Crippen molar-refractivity contribution < 1.29 is 13.9 Å². The zero-order valence-corrected chi connectivity index (χ0v) is 18.9. The minimum absolute atomic E-state index is 0.0179. The molecular formula is C26H32FN3O2. The highest BCUT2D eigenvalue weighted by Crippen LogP contribution is 2.34. The number of carbonyl (C=O) groups excluding carboxylic acids is 1. The number of aryl methyl sites for hydroxylation is 1. The number of hydrogen-bond acceptors (Lipinski definition) is 3. The third kappa shape index (κ3) is 4.24. The summed E-state index contributed by atoms with van der Waals surface area (Å²) >= 11 is 0. The van der Waals surface area contributed by atoms with E-state index in [9.17, 15) is 9.18 Å². The number of carbonyl (C=O) groups is 1. The molecule has 2 aromatic carbocycles. The number of fused-ring (bicyclic) bond motifs is 1. The smallest absolute Gasteiger partial charge is 0.256 e. The van der Waals surface area contributed by atoms with Crippen molar-refractivity contribution in [3.63, 3.8) is 0 Å². The number of ether oxygens (including phenoxy) is 1. The van der Waals surface area contributed by atoms with Crippen LogP contribution in [0, 0.1) is 5.82 Å². The van der Waals surface area contributed by atoms with Crippen molar-refractivity contribution in [3.05, 3.63) is 65.1 Å². The molecule has 1 amide bonds. The van der Waals surface area contributed by atoms with Crippen LogP contribution in [0.5, 0.6) is 5.75 Å². The Kier molecular flexibility index (Phi) is 6.80. The highest BCUT2D eigenvalue weighted by atomic mass is 19.1. The van der Waals surface area contributed by atoms with Crippen molar-refractivity contribution in [2.75, 3.05) is 20.2 Å². The fourth-order valence-corrected chi connectivity index (χ4v) is 4.76. The lowest BCUT2D eigenvalue weighted by Crippen LogP contribution is -2.38. The summed E-state index contributed by atoms with van der Waals surface area (Å²) in [6.45, 7) is 4.63. The standard InChI is InChI=1S/C26H32FN3O2/c1-3-4-12-30-17-21(25-23(30)6-5-7-24(25)32-2)26(31)29-13-10-19(11-14-29)20-15-18(16-28)8-9-22(20)27/h5-9,15,17,19H,3-4,10-14,16,28H2,1-2H3. The summed E-state index contributed by atoms with van der Waals surface area (Å²) in [7, 11) is 1.64. The van der Waals surface area contributed by atoms with Gasteiger partial charge in [0.15, 0.2) is 0 Å². The summed E-state index contributed by atoms with van der Waals surface area (Å²) in [5, 5.41) is 0.875. The Hall–Kier alpha value is -2.86. The monoisotopic (exact) mass is 437 g/mol. The zero-order chi connectivity index (χ0) is 22.7. The normalized spacial score (nSPS) is 14.8. The van der Waals surface area contributed by atoms with Crippen LogP contribution in [0.25, 0.3) is 10.9 Å². The van der Waals surface area contributed by atoms with Crippen LogP contribution >= 0.6 is 0 Å². The molecule has 0 atom stereocenters. The number of nitrogens with zero attached hydrogens (tertiary/aromatic N) is 2. The summed E-state index contributed by atoms with van der Waals surface area (Å²) < 4.78 is 22.2. The van der Waals surface area contributed by atoms with Crippen LogP contribution in [0.15, 0.2) is 42.6 Å². The second-order valence-corrected chi connectivity index (χ2v) is 8.57. The Balaban J connectivity index is 1.57. The van der Waals surface area contributed by atoms with E-state index < -0.39 is 0 Å². The molecule has 32 heavy (non-hydrogen) atoms. The quantitative estimate of drug-likeness (QED) is 0.562. The van der Waals surface area contributed by atoms with Crippen molar-refractivity contribution >= 4 is 16.8 Å². The van der Waals surface area contributed by atoms with Gasteiger partial charge >= 0.3 is 0 Å². The lowest BCUT2D eigenvalue weighted by atomic mass is 9.88. The Bertz CT molecular complexity index is 1100. The van der Waals surface area contributed by atoms with Crippen molar-refractivity contribution in [2.24, 2.45) is 5.73 Å². The van der Waals surface area contributed by atoms with Gasteiger partial charge in [-0.1, -0.05) is 31.5 Å². The number of benzene rings is 2. The largest absolute Gasteiger partial charge is 0.496 e. The first-order valence-corrected chi connectivity index (χ1v) is 11.5. The Morgan fingerprint density at radius 2 is 2.00 bits per heavy atom. The highest BCUT2D eigenvalue weighted by Gasteiger charge is 2.28. The van der Waals surface area contributed by atoms with Crippen LogP contribution in [0.1, 0.15) is 60.0 Å². The van der Waals surface area contributed by atoms with Crippen LogP contribution in [0.3, 0.4) is 0 Å². The van der Waals surface area contributed by atoms with Gasteiger partial charge in [-0.15, -0.1) is 0 Å². The Morgan fingerprint density at radius 3 is 2.69 bits per heavy atom. The molecule has 0 bridgehead atoms. The van der Waals surface area contributed by atoms with E-state index >= 15 is 0 Å². The third-order valence-electron chi connectivity index (χ3n) is 6.59. The second kappa shape index (κ2) is 9.74. The number of amides is 1. The molecule has 5 nitrogen and oxygen atoms in total. The van der Waals surface area contributed by atoms with Crippen LogP contribution < -0.4 is 10.5 Å². The van der Waals surface area contributed by atoms with Gasteiger partial charge < -0.3 is 19.9 Å². The van der Waals surface area contributed by atoms with Gasteiger partial charge in [0.2, 0.25) is 0 Å². The molecule has 0 radical (unpaired) electrons. The maximum Gasteiger partial charge on any atom is 0.256 e. The molecule has 1 saturated heterocycles. The molecule has 0 unspecified atom stereocenters. The molecule has 0 spiro atoms. The van der Waals surface area contributed by atoms with Gasteiger partial charge in [0.25, 0.3) is 5.91 Å². The Labute approximate surface area is 189 Å². The highest BCUT2D eigenvalue weighted by molar-refractivity contribution is 6.09. The summed E-state index contributed by atoms with van der Waals surface area (Å²) in [6.07, 6.45) is 5.59. The van der Waals surface area contributed by atoms with Gasteiger partial charge in [0, 0.05) is 32.4 Å². The average Bonchev–Trinajstić information content (AvgIpc) is 3.21. The van der Waals surface area contributed by atoms with Gasteiger partial charge in [-0.25, -0.2) is 4.39 Å².